The van der Waals surface area contributed by atoms with Crippen molar-refractivity contribution in [3.8, 4) is 0 Å². The van der Waals surface area contributed by atoms with Crippen LogP contribution in [0.2, 0.25) is 0 Å². The lowest BCUT2D eigenvalue weighted by Gasteiger charge is -2.05. The van der Waals surface area contributed by atoms with E-state index >= 15 is 0 Å². The summed E-state index contributed by atoms with van der Waals surface area (Å²) in [5.74, 6) is 0. The van der Waals surface area contributed by atoms with Crippen molar-refractivity contribution in [1.82, 2.24) is 16.0 Å². The second-order valence-corrected chi connectivity index (χ2v) is 11.9. The predicted octanol–water partition coefficient (Wildman–Crippen LogP) is 3.48. The molecule has 0 unspecified atom stereocenters. The highest BCUT2D eigenvalue weighted by Gasteiger charge is 1.92. The highest BCUT2D eigenvalue weighted by Crippen LogP contribution is 2.26. The van der Waals surface area contributed by atoms with Gasteiger partial charge in [-0.2, -0.15) is 0 Å². The number of rotatable bonds is 30. The first-order valence-corrected chi connectivity index (χ1v) is 19.3. The molecule has 0 aliphatic carbocycles. The van der Waals surface area contributed by atoms with E-state index in [-0.39, 0.29) is 0 Å². The van der Waals surface area contributed by atoms with Gasteiger partial charge in [-0.1, -0.05) is 41.5 Å². The topological polar surface area (TPSA) is 152 Å². The van der Waals surface area contributed by atoms with E-state index < -0.39 is 6.72 Å². The zero-order valence-electron chi connectivity index (χ0n) is 29.1. The average molecular weight is 682 g/mol. The summed E-state index contributed by atoms with van der Waals surface area (Å²) in [5.41, 5.74) is 0. The molecule has 0 aliphatic heterocycles. The summed E-state index contributed by atoms with van der Waals surface area (Å²) in [4.78, 5) is 22.7. The monoisotopic (exact) mass is 681 g/mol. The van der Waals surface area contributed by atoms with E-state index in [9.17, 15) is 0 Å². The van der Waals surface area contributed by atoms with Crippen molar-refractivity contribution in [3.63, 3.8) is 0 Å². The van der Waals surface area contributed by atoms with Gasteiger partial charge in [0.25, 0.3) is 0 Å². The molecule has 44 heavy (non-hydrogen) atoms. The Morgan fingerprint density at radius 1 is 0.364 bits per heavy atom. The Morgan fingerprint density at radius 2 is 0.500 bits per heavy atom. The van der Waals surface area contributed by atoms with E-state index in [0.717, 1.165) is 157 Å². The molecule has 0 saturated heterocycles. The number of hydrogen-bond acceptors (Lipinski definition) is 10. The maximum atomic E-state index is 7.56. The normalized spacial score (nSPS) is 10.8. The maximum absolute atomic E-state index is 7.56. The van der Waals surface area contributed by atoms with Gasteiger partial charge in [-0.05, 0) is 50.3 Å². The largest absolute Gasteiger partial charge is 0.380 e. The van der Waals surface area contributed by atoms with Crippen molar-refractivity contribution >= 4 is 18.5 Å². The van der Waals surface area contributed by atoms with Crippen molar-refractivity contribution in [2.75, 3.05) is 119 Å². The fourth-order valence-corrected chi connectivity index (χ4v) is 2.72. The van der Waals surface area contributed by atoms with E-state index in [4.69, 9.17) is 43.1 Å². The molecular weight excluding hydrogens is 609 g/mol. The second-order valence-electron chi connectivity index (χ2n) is 9.44. The van der Waals surface area contributed by atoms with Gasteiger partial charge in [0.15, 0.2) is 0 Å². The molecule has 272 valence electrons. The third-order valence-electron chi connectivity index (χ3n) is 4.63. The Kier molecular flexibility index (Phi) is 58.0. The van der Waals surface area contributed by atoms with Crippen LogP contribution in [0.15, 0.2) is 0 Å². The highest BCUT2D eigenvalue weighted by molar-refractivity contribution is 8.06. The van der Waals surface area contributed by atoms with Gasteiger partial charge in [0.1, 0.15) is 0 Å². The zero-order chi connectivity index (χ0) is 33.8. The molecule has 0 spiro atoms. The first-order valence-electron chi connectivity index (χ1n) is 16.6. The first kappa shape index (κ1) is 51.0. The summed E-state index contributed by atoms with van der Waals surface area (Å²) >= 11 is 3.60. The van der Waals surface area contributed by atoms with Crippen LogP contribution in [0.3, 0.4) is 0 Å². The van der Waals surface area contributed by atoms with E-state index in [1.165, 1.54) is 0 Å². The first-order chi connectivity index (χ1) is 21.2. The Balaban J connectivity index is -0.000000253. The minimum atomic E-state index is -3.81. The summed E-state index contributed by atoms with van der Waals surface area (Å²) in [6.07, 6.45) is 6.58. The van der Waals surface area contributed by atoms with Crippen LogP contribution in [0.1, 0.15) is 80.1 Å². The summed E-state index contributed by atoms with van der Waals surface area (Å²) in [6.45, 7) is 24.5. The third kappa shape index (κ3) is 78.5. The zero-order valence-corrected chi connectivity index (χ0v) is 30.8. The molecule has 14 heteroatoms. The lowest BCUT2D eigenvalue weighted by Crippen LogP contribution is -2.24. The number of nitrogens with one attached hydrogen (secondary N) is 3. The van der Waals surface area contributed by atoms with Gasteiger partial charge >= 0.3 is 6.72 Å². The predicted molar refractivity (Wildman–Crippen MR) is 186 cm³/mol. The standard InChI is InChI=1S/3C10H23NO2.H3O3PS/c3*1-3-7-12-9-5-11-6-10-13-8-4-2;1-4(2,3)5/h3*11H,3-10H2,1-2H3;(H3,1,2,3,5). The molecular formula is C30H72N3O9PS. The van der Waals surface area contributed by atoms with E-state index in [2.05, 4.69) is 69.3 Å². The molecule has 0 amide bonds. The number of hydrogen-bond donors (Lipinski definition) is 6. The van der Waals surface area contributed by atoms with Crippen LogP contribution in [-0.4, -0.2) is 133 Å². The van der Waals surface area contributed by atoms with E-state index in [0.29, 0.717) is 0 Å². The minimum Gasteiger partial charge on any atom is -0.380 e. The van der Waals surface area contributed by atoms with Gasteiger partial charge in [-0.3, -0.25) is 0 Å². The van der Waals surface area contributed by atoms with Crippen molar-refractivity contribution in [1.29, 1.82) is 0 Å². The fourth-order valence-electron chi connectivity index (χ4n) is 2.72. The van der Waals surface area contributed by atoms with E-state index in [1.807, 2.05) is 0 Å². The Morgan fingerprint density at radius 3 is 0.614 bits per heavy atom. The molecule has 6 N–H and O–H groups in total. The maximum Gasteiger partial charge on any atom is 0.319 e. The van der Waals surface area contributed by atoms with Gasteiger partial charge < -0.3 is 59.1 Å². The van der Waals surface area contributed by atoms with Crippen LogP contribution >= 0.6 is 6.72 Å². The van der Waals surface area contributed by atoms with Gasteiger partial charge in [0, 0.05) is 78.9 Å². The lowest BCUT2D eigenvalue weighted by atomic mass is 10.5. The van der Waals surface area contributed by atoms with Gasteiger partial charge in [0.2, 0.25) is 0 Å². The summed E-state index contributed by atoms with van der Waals surface area (Å²) in [7, 11) is 0. The van der Waals surface area contributed by atoms with E-state index in [1.54, 1.807) is 0 Å². The van der Waals surface area contributed by atoms with Crippen molar-refractivity contribution in [2.24, 2.45) is 0 Å². The molecule has 0 aromatic carbocycles. The van der Waals surface area contributed by atoms with Crippen LogP contribution in [0, 0.1) is 0 Å². The summed E-state index contributed by atoms with van der Waals surface area (Å²) in [6, 6.07) is 0. The smallest absolute Gasteiger partial charge is 0.319 e. The highest BCUT2D eigenvalue weighted by atomic mass is 32.5. The minimum absolute atomic E-state index is 0.807. The molecule has 12 nitrogen and oxygen atoms in total. The summed E-state index contributed by atoms with van der Waals surface area (Å²) < 4.78 is 31.8. The summed E-state index contributed by atoms with van der Waals surface area (Å²) in [5, 5.41) is 9.76. The average Bonchev–Trinajstić information content (AvgIpc) is 2.98. The number of ether oxygens (including phenoxy) is 6. The van der Waals surface area contributed by atoms with Crippen LogP contribution < -0.4 is 16.0 Å². The van der Waals surface area contributed by atoms with Crippen molar-refractivity contribution in [2.45, 2.75) is 80.1 Å². The van der Waals surface area contributed by atoms with Crippen LogP contribution in [-0.2, 0) is 40.2 Å². The molecule has 0 aromatic heterocycles. The SMILES string of the molecule is CCCOCCNCCOCCC.CCCOCCNCCOCCC.CCCOCCNCCOCCC.OP(O)(O)=S. The van der Waals surface area contributed by atoms with Gasteiger partial charge in [0.05, 0.1) is 39.6 Å². The van der Waals surface area contributed by atoms with Gasteiger partial charge in [-0.15, -0.1) is 0 Å². The Labute approximate surface area is 275 Å². The molecule has 0 heterocycles. The van der Waals surface area contributed by atoms with Crippen molar-refractivity contribution < 1.29 is 43.1 Å². The molecule has 0 fully saturated rings. The molecule has 0 radical (unpaired) electrons. The van der Waals surface area contributed by atoms with Gasteiger partial charge in [-0.25, -0.2) is 0 Å². The quantitative estimate of drug-likeness (QED) is 0.0485. The fraction of sp³-hybridized carbons (Fsp3) is 1.00. The molecule has 0 saturated carbocycles. The lowest BCUT2D eigenvalue weighted by molar-refractivity contribution is 0.122. The second kappa shape index (κ2) is 50.0. The third-order valence-corrected chi connectivity index (χ3v) is 4.63. The van der Waals surface area contributed by atoms with Crippen LogP contribution in [0.4, 0.5) is 0 Å². The molecule has 0 aliphatic rings. The molecule has 0 atom stereocenters. The molecule has 0 bridgehead atoms. The molecule has 0 rings (SSSR count). The Hall–Kier alpha value is 0.170. The Bertz CT molecular complexity index is 424. The van der Waals surface area contributed by atoms with Crippen molar-refractivity contribution in [3.05, 3.63) is 0 Å². The molecule has 0 aromatic rings. The van der Waals surface area contributed by atoms with Crippen LogP contribution in [0.5, 0.6) is 0 Å². The van der Waals surface area contributed by atoms with Crippen LogP contribution in [0.25, 0.3) is 0 Å².